The van der Waals surface area contributed by atoms with Gasteiger partial charge in [0.2, 0.25) is 0 Å². The zero-order chi connectivity index (χ0) is 14.1. The SMILES string of the molecule is CN(C)CCn1c(CN)nc2cc3c(cc21)OCCO3. The lowest BCUT2D eigenvalue weighted by Gasteiger charge is -2.18. The minimum absolute atomic E-state index is 0.425. The highest BCUT2D eigenvalue weighted by atomic mass is 16.6. The fourth-order valence-corrected chi connectivity index (χ4v) is 2.42. The molecule has 0 spiro atoms. The molecular formula is C14H20N4O2. The maximum Gasteiger partial charge on any atom is 0.163 e. The molecule has 2 N–H and O–H groups in total. The fraction of sp³-hybridized carbons (Fsp3) is 0.500. The summed E-state index contributed by atoms with van der Waals surface area (Å²) in [5.41, 5.74) is 7.78. The van der Waals surface area contributed by atoms with E-state index in [9.17, 15) is 0 Å². The van der Waals surface area contributed by atoms with Crippen LogP contribution in [0.3, 0.4) is 0 Å². The molecule has 2 aromatic rings. The van der Waals surface area contributed by atoms with Crippen LogP contribution in [0.15, 0.2) is 12.1 Å². The number of hydrogen-bond donors (Lipinski definition) is 1. The van der Waals surface area contributed by atoms with Crippen molar-refractivity contribution in [1.82, 2.24) is 14.5 Å². The van der Waals surface area contributed by atoms with Gasteiger partial charge in [0.05, 0.1) is 17.6 Å². The van der Waals surface area contributed by atoms with Gasteiger partial charge in [-0.1, -0.05) is 0 Å². The molecule has 2 heterocycles. The highest BCUT2D eigenvalue weighted by Gasteiger charge is 2.17. The lowest BCUT2D eigenvalue weighted by molar-refractivity contribution is 0.172. The van der Waals surface area contributed by atoms with Crippen LogP contribution >= 0.6 is 0 Å². The van der Waals surface area contributed by atoms with E-state index in [0.29, 0.717) is 19.8 Å². The first kappa shape index (κ1) is 13.2. The van der Waals surface area contributed by atoms with Crippen LogP contribution in [0.4, 0.5) is 0 Å². The molecule has 0 atom stereocenters. The van der Waals surface area contributed by atoms with Gasteiger partial charge in [0.25, 0.3) is 0 Å². The average Bonchev–Trinajstić information content (AvgIpc) is 2.79. The predicted octanol–water partition coefficient (Wildman–Crippen LogP) is 0.828. The number of nitrogens with two attached hydrogens (primary N) is 1. The van der Waals surface area contributed by atoms with E-state index in [0.717, 1.165) is 41.4 Å². The largest absolute Gasteiger partial charge is 0.486 e. The third-order valence-electron chi connectivity index (χ3n) is 3.44. The summed E-state index contributed by atoms with van der Waals surface area (Å²) in [5, 5.41) is 0. The summed E-state index contributed by atoms with van der Waals surface area (Å²) in [7, 11) is 4.11. The maximum atomic E-state index is 5.81. The topological polar surface area (TPSA) is 65.5 Å². The second-order valence-corrected chi connectivity index (χ2v) is 5.17. The number of fused-ring (bicyclic) bond motifs is 2. The van der Waals surface area contributed by atoms with Gasteiger partial charge in [0.1, 0.15) is 19.0 Å². The van der Waals surface area contributed by atoms with Gasteiger partial charge in [-0.2, -0.15) is 0 Å². The molecule has 0 unspecified atom stereocenters. The van der Waals surface area contributed by atoms with Gasteiger partial charge in [-0.15, -0.1) is 0 Å². The van der Waals surface area contributed by atoms with Gasteiger partial charge in [-0.25, -0.2) is 4.98 Å². The van der Waals surface area contributed by atoms with Crippen molar-refractivity contribution in [2.75, 3.05) is 33.9 Å². The summed E-state index contributed by atoms with van der Waals surface area (Å²) in [6.45, 7) is 3.40. The molecule has 0 amide bonds. The molecule has 1 aromatic heterocycles. The van der Waals surface area contributed by atoms with Gasteiger partial charge < -0.3 is 24.7 Å². The molecule has 1 aliphatic rings. The van der Waals surface area contributed by atoms with E-state index < -0.39 is 0 Å². The van der Waals surface area contributed by atoms with Crippen molar-refractivity contribution >= 4 is 11.0 Å². The first-order chi connectivity index (χ1) is 9.69. The average molecular weight is 276 g/mol. The molecule has 0 fully saturated rings. The van der Waals surface area contributed by atoms with Crippen LogP contribution < -0.4 is 15.2 Å². The molecular weight excluding hydrogens is 256 g/mol. The molecule has 1 aliphatic heterocycles. The van der Waals surface area contributed by atoms with Crippen LogP contribution in [0, 0.1) is 0 Å². The third-order valence-corrected chi connectivity index (χ3v) is 3.44. The highest BCUT2D eigenvalue weighted by molar-refractivity contribution is 5.80. The number of ether oxygens (including phenoxy) is 2. The van der Waals surface area contributed by atoms with Crippen LogP contribution in [0.5, 0.6) is 11.5 Å². The summed E-state index contributed by atoms with van der Waals surface area (Å²) < 4.78 is 13.4. The second kappa shape index (κ2) is 5.30. The first-order valence-corrected chi connectivity index (χ1v) is 6.82. The van der Waals surface area contributed by atoms with E-state index in [2.05, 4.69) is 28.5 Å². The van der Waals surface area contributed by atoms with E-state index in [1.165, 1.54) is 0 Å². The Morgan fingerprint density at radius 2 is 1.95 bits per heavy atom. The Morgan fingerprint density at radius 1 is 1.25 bits per heavy atom. The van der Waals surface area contributed by atoms with Crippen LogP contribution in [-0.4, -0.2) is 48.3 Å². The molecule has 0 saturated heterocycles. The summed E-state index contributed by atoms with van der Waals surface area (Å²) in [6, 6.07) is 3.95. The van der Waals surface area contributed by atoms with E-state index in [-0.39, 0.29) is 0 Å². The molecule has 0 aliphatic carbocycles. The molecule has 0 radical (unpaired) electrons. The van der Waals surface area contributed by atoms with Crippen molar-refractivity contribution in [2.45, 2.75) is 13.1 Å². The smallest absolute Gasteiger partial charge is 0.163 e. The number of imidazole rings is 1. The summed E-state index contributed by atoms with van der Waals surface area (Å²) in [5.74, 6) is 2.45. The minimum atomic E-state index is 0.425. The molecule has 3 rings (SSSR count). The molecule has 108 valence electrons. The third kappa shape index (κ3) is 2.32. The molecule has 6 nitrogen and oxygen atoms in total. The lowest BCUT2D eigenvalue weighted by atomic mass is 10.2. The standard InChI is InChI=1S/C14H20N4O2/c1-17(2)3-4-18-11-8-13-12(19-5-6-20-13)7-10(11)16-14(18)9-15/h7-8H,3-6,9,15H2,1-2H3. The quantitative estimate of drug-likeness (QED) is 0.896. The van der Waals surface area contributed by atoms with Gasteiger partial charge in [-0.05, 0) is 14.1 Å². The second-order valence-electron chi connectivity index (χ2n) is 5.17. The van der Waals surface area contributed by atoms with Crippen molar-refractivity contribution in [2.24, 2.45) is 5.73 Å². The monoisotopic (exact) mass is 276 g/mol. The number of benzene rings is 1. The molecule has 0 saturated carbocycles. The van der Waals surface area contributed by atoms with Gasteiger partial charge in [0.15, 0.2) is 11.5 Å². The summed E-state index contributed by atoms with van der Waals surface area (Å²) >= 11 is 0. The Bertz CT molecular complexity index is 621. The normalized spacial score (nSPS) is 14.2. The Labute approximate surface area is 118 Å². The number of likely N-dealkylation sites (N-methyl/N-ethyl adjacent to an activating group) is 1. The van der Waals surface area contributed by atoms with Crippen LogP contribution in [0.25, 0.3) is 11.0 Å². The molecule has 0 bridgehead atoms. The van der Waals surface area contributed by atoms with E-state index in [1.807, 2.05) is 12.1 Å². The molecule has 1 aromatic carbocycles. The zero-order valence-electron chi connectivity index (χ0n) is 11.9. The predicted molar refractivity (Wildman–Crippen MR) is 77.2 cm³/mol. The van der Waals surface area contributed by atoms with Crippen LogP contribution in [0.1, 0.15) is 5.82 Å². The fourth-order valence-electron chi connectivity index (χ4n) is 2.42. The Hall–Kier alpha value is -1.79. The molecule has 6 heteroatoms. The number of nitrogens with zero attached hydrogens (tertiary/aromatic N) is 3. The Kier molecular flexibility index (Phi) is 3.50. The first-order valence-electron chi connectivity index (χ1n) is 6.82. The zero-order valence-corrected chi connectivity index (χ0v) is 11.9. The minimum Gasteiger partial charge on any atom is -0.486 e. The van der Waals surface area contributed by atoms with Crippen LogP contribution in [-0.2, 0) is 13.1 Å². The van der Waals surface area contributed by atoms with Crippen molar-refractivity contribution in [3.05, 3.63) is 18.0 Å². The Balaban J connectivity index is 2.06. The van der Waals surface area contributed by atoms with E-state index >= 15 is 0 Å². The van der Waals surface area contributed by atoms with Gasteiger partial charge in [-0.3, -0.25) is 0 Å². The maximum absolute atomic E-state index is 5.81. The number of hydrogen-bond acceptors (Lipinski definition) is 5. The van der Waals surface area contributed by atoms with Crippen molar-refractivity contribution in [1.29, 1.82) is 0 Å². The van der Waals surface area contributed by atoms with Gasteiger partial charge >= 0.3 is 0 Å². The summed E-state index contributed by atoms with van der Waals surface area (Å²) in [4.78, 5) is 6.74. The molecule has 20 heavy (non-hydrogen) atoms. The van der Waals surface area contributed by atoms with E-state index in [4.69, 9.17) is 15.2 Å². The van der Waals surface area contributed by atoms with Crippen LogP contribution in [0.2, 0.25) is 0 Å². The van der Waals surface area contributed by atoms with Crippen molar-refractivity contribution in [3.8, 4) is 11.5 Å². The van der Waals surface area contributed by atoms with E-state index in [1.54, 1.807) is 0 Å². The Morgan fingerprint density at radius 3 is 2.60 bits per heavy atom. The number of rotatable bonds is 4. The van der Waals surface area contributed by atoms with Crippen molar-refractivity contribution < 1.29 is 9.47 Å². The highest BCUT2D eigenvalue weighted by Crippen LogP contribution is 2.34. The number of aromatic nitrogens is 2. The van der Waals surface area contributed by atoms with Gasteiger partial charge in [0, 0.05) is 25.2 Å². The van der Waals surface area contributed by atoms with Crippen molar-refractivity contribution in [3.63, 3.8) is 0 Å². The lowest BCUT2D eigenvalue weighted by Crippen LogP contribution is -2.20. The summed E-state index contributed by atoms with van der Waals surface area (Å²) in [6.07, 6.45) is 0.